The highest BCUT2D eigenvalue weighted by Gasteiger charge is 2.18. The molecular formula is C14H15N3O6. The molecule has 0 aliphatic rings. The van der Waals surface area contributed by atoms with Gasteiger partial charge < -0.3 is 19.7 Å². The lowest BCUT2D eigenvalue weighted by Gasteiger charge is -2.10. The Labute approximate surface area is 131 Å². The number of nitro benzene ring substituents is 1. The largest absolute Gasteiger partial charge is 0.455 e. The van der Waals surface area contributed by atoms with Gasteiger partial charge >= 0.3 is 5.97 Å². The van der Waals surface area contributed by atoms with Gasteiger partial charge in [-0.2, -0.15) is 0 Å². The summed E-state index contributed by atoms with van der Waals surface area (Å²) in [6.07, 6.45) is 0. The van der Waals surface area contributed by atoms with Crippen molar-refractivity contribution in [1.29, 1.82) is 0 Å². The van der Waals surface area contributed by atoms with Crippen LogP contribution in [0.5, 0.6) is 0 Å². The lowest BCUT2D eigenvalue weighted by Crippen LogP contribution is -2.13. The van der Waals surface area contributed by atoms with Gasteiger partial charge in [0, 0.05) is 30.4 Å². The summed E-state index contributed by atoms with van der Waals surface area (Å²) >= 11 is 0. The zero-order valence-corrected chi connectivity index (χ0v) is 12.3. The molecule has 0 amide bonds. The van der Waals surface area contributed by atoms with Gasteiger partial charge in [-0.1, -0.05) is 5.16 Å². The van der Waals surface area contributed by atoms with Crippen LogP contribution >= 0.6 is 0 Å². The van der Waals surface area contributed by atoms with E-state index < -0.39 is 10.9 Å². The third kappa shape index (κ3) is 4.27. The van der Waals surface area contributed by atoms with Crippen molar-refractivity contribution >= 4 is 17.3 Å². The molecule has 0 bridgehead atoms. The van der Waals surface area contributed by atoms with Gasteiger partial charge in [-0.05, 0) is 13.0 Å². The second kappa shape index (κ2) is 7.36. The number of esters is 1. The fourth-order valence-electron chi connectivity index (χ4n) is 1.86. The Hall–Kier alpha value is -2.94. The number of rotatable bonds is 7. The van der Waals surface area contributed by atoms with Gasteiger partial charge in [0.25, 0.3) is 5.69 Å². The molecule has 122 valence electrons. The summed E-state index contributed by atoms with van der Waals surface area (Å²) in [5, 5.41) is 26.2. The third-order valence-electron chi connectivity index (χ3n) is 2.89. The first-order chi connectivity index (χ1) is 11.0. The smallest absolute Gasteiger partial charge is 0.340 e. The normalized spacial score (nSPS) is 10.3. The zero-order chi connectivity index (χ0) is 16.8. The van der Waals surface area contributed by atoms with Crippen molar-refractivity contribution in [1.82, 2.24) is 5.16 Å². The van der Waals surface area contributed by atoms with Gasteiger partial charge in [0.2, 0.25) is 0 Å². The number of nitrogens with one attached hydrogen (secondary N) is 1. The Balaban J connectivity index is 2.17. The quantitative estimate of drug-likeness (QED) is 0.447. The van der Waals surface area contributed by atoms with E-state index in [1.54, 1.807) is 13.0 Å². The number of aliphatic hydroxyl groups is 1. The number of carbonyl (C=O) groups excluding carboxylic acids is 1. The monoisotopic (exact) mass is 321 g/mol. The number of ether oxygens (including phenoxy) is 1. The third-order valence-corrected chi connectivity index (χ3v) is 2.89. The fraction of sp³-hybridized carbons (Fsp3) is 0.286. The molecule has 9 nitrogen and oxygen atoms in total. The van der Waals surface area contributed by atoms with E-state index in [1.807, 2.05) is 0 Å². The Kier molecular flexibility index (Phi) is 5.26. The maximum absolute atomic E-state index is 12.2. The lowest BCUT2D eigenvalue weighted by atomic mass is 10.1. The molecule has 1 aromatic carbocycles. The predicted molar refractivity (Wildman–Crippen MR) is 79.0 cm³/mol. The van der Waals surface area contributed by atoms with Crippen molar-refractivity contribution in [3.63, 3.8) is 0 Å². The fourth-order valence-corrected chi connectivity index (χ4v) is 1.86. The molecular weight excluding hydrogens is 306 g/mol. The SMILES string of the molecule is Cc1cc(COC(=O)c2cc([N+](=O)[O-])ccc2NCCO)no1. The minimum Gasteiger partial charge on any atom is -0.455 e. The van der Waals surface area contributed by atoms with Crippen molar-refractivity contribution in [2.24, 2.45) is 0 Å². The molecule has 0 radical (unpaired) electrons. The van der Waals surface area contributed by atoms with E-state index in [4.69, 9.17) is 14.4 Å². The number of anilines is 1. The molecule has 0 spiro atoms. The van der Waals surface area contributed by atoms with Crippen molar-refractivity contribution in [3.8, 4) is 0 Å². The average Bonchev–Trinajstić information content (AvgIpc) is 2.95. The molecule has 0 aliphatic heterocycles. The number of non-ortho nitro benzene ring substituents is 1. The highest BCUT2D eigenvalue weighted by molar-refractivity contribution is 5.96. The first-order valence-corrected chi connectivity index (χ1v) is 6.73. The second-order valence-corrected chi connectivity index (χ2v) is 4.64. The van der Waals surface area contributed by atoms with E-state index >= 15 is 0 Å². The average molecular weight is 321 g/mol. The minimum absolute atomic E-state index is 0.00728. The number of benzene rings is 1. The van der Waals surface area contributed by atoms with Gasteiger partial charge in [-0.15, -0.1) is 0 Å². The second-order valence-electron chi connectivity index (χ2n) is 4.64. The standard InChI is InChI=1S/C14H15N3O6/c1-9-6-10(16-23-9)8-22-14(19)12-7-11(17(20)21)2-3-13(12)15-4-5-18/h2-3,6-7,15,18H,4-5,8H2,1H3. The van der Waals surface area contributed by atoms with Crippen molar-refractivity contribution in [3.05, 3.63) is 51.4 Å². The van der Waals surface area contributed by atoms with E-state index in [-0.39, 0.29) is 31.0 Å². The number of aryl methyl sites for hydroxylation is 1. The molecule has 0 unspecified atom stereocenters. The molecule has 1 heterocycles. The highest BCUT2D eigenvalue weighted by Crippen LogP contribution is 2.23. The van der Waals surface area contributed by atoms with Gasteiger partial charge in [-0.25, -0.2) is 4.79 Å². The number of hydrogen-bond donors (Lipinski definition) is 2. The summed E-state index contributed by atoms with van der Waals surface area (Å²) < 4.78 is 9.96. The van der Waals surface area contributed by atoms with Gasteiger partial charge in [-0.3, -0.25) is 10.1 Å². The summed E-state index contributed by atoms with van der Waals surface area (Å²) in [7, 11) is 0. The molecule has 23 heavy (non-hydrogen) atoms. The van der Waals surface area contributed by atoms with Gasteiger partial charge in [0.05, 0.1) is 17.1 Å². The number of nitrogens with zero attached hydrogens (tertiary/aromatic N) is 2. The molecule has 0 saturated heterocycles. The number of aromatic nitrogens is 1. The topological polar surface area (TPSA) is 128 Å². The number of hydrogen-bond acceptors (Lipinski definition) is 8. The summed E-state index contributed by atoms with van der Waals surface area (Å²) in [4.78, 5) is 22.4. The summed E-state index contributed by atoms with van der Waals surface area (Å²) in [6, 6.07) is 5.39. The van der Waals surface area contributed by atoms with E-state index in [0.717, 1.165) is 6.07 Å². The van der Waals surface area contributed by atoms with E-state index in [1.165, 1.54) is 12.1 Å². The highest BCUT2D eigenvalue weighted by atomic mass is 16.6. The van der Waals surface area contributed by atoms with Gasteiger partial charge in [0.15, 0.2) is 0 Å². The van der Waals surface area contributed by atoms with Crippen LogP contribution in [0.4, 0.5) is 11.4 Å². The molecule has 2 N–H and O–H groups in total. The summed E-state index contributed by atoms with van der Waals surface area (Å²) in [5.41, 5.74) is 0.550. The summed E-state index contributed by atoms with van der Waals surface area (Å²) in [6.45, 7) is 1.64. The van der Waals surface area contributed by atoms with Crippen LogP contribution in [0.3, 0.4) is 0 Å². The van der Waals surface area contributed by atoms with Crippen molar-refractivity contribution in [2.45, 2.75) is 13.5 Å². The maximum atomic E-state index is 12.2. The Morgan fingerprint density at radius 1 is 1.48 bits per heavy atom. The molecule has 0 aliphatic carbocycles. The van der Waals surface area contributed by atoms with E-state index in [9.17, 15) is 14.9 Å². The molecule has 9 heteroatoms. The molecule has 0 saturated carbocycles. The Morgan fingerprint density at radius 3 is 2.87 bits per heavy atom. The van der Waals surface area contributed by atoms with Crippen LogP contribution in [0.2, 0.25) is 0 Å². The maximum Gasteiger partial charge on any atom is 0.340 e. The van der Waals surface area contributed by atoms with Crippen LogP contribution < -0.4 is 5.32 Å². The lowest BCUT2D eigenvalue weighted by molar-refractivity contribution is -0.384. The molecule has 0 fully saturated rings. The van der Waals surface area contributed by atoms with Crippen molar-refractivity contribution < 1.29 is 24.1 Å². The zero-order valence-electron chi connectivity index (χ0n) is 12.3. The van der Waals surface area contributed by atoms with Gasteiger partial charge in [0.1, 0.15) is 18.1 Å². The number of nitro groups is 1. The predicted octanol–water partition coefficient (Wildman–Crippen LogP) is 1.65. The number of aliphatic hydroxyl groups excluding tert-OH is 1. The van der Waals surface area contributed by atoms with Crippen LogP contribution in [-0.2, 0) is 11.3 Å². The van der Waals surface area contributed by atoms with Crippen LogP contribution in [0.1, 0.15) is 21.8 Å². The number of carbonyl (C=O) groups is 1. The molecule has 0 atom stereocenters. The van der Waals surface area contributed by atoms with Crippen LogP contribution in [-0.4, -0.2) is 34.3 Å². The molecule has 2 rings (SSSR count). The van der Waals surface area contributed by atoms with E-state index in [0.29, 0.717) is 17.1 Å². The minimum atomic E-state index is -0.741. The van der Waals surface area contributed by atoms with Crippen LogP contribution in [0, 0.1) is 17.0 Å². The molecule has 2 aromatic rings. The Morgan fingerprint density at radius 2 is 2.26 bits per heavy atom. The van der Waals surface area contributed by atoms with Crippen molar-refractivity contribution in [2.75, 3.05) is 18.5 Å². The van der Waals surface area contributed by atoms with Crippen LogP contribution in [0.15, 0.2) is 28.8 Å². The Bertz CT molecular complexity index is 712. The van der Waals surface area contributed by atoms with E-state index in [2.05, 4.69) is 10.5 Å². The first kappa shape index (κ1) is 16.4. The first-order valence-electron chi connectivity index (χ1n) is 6.73. The van der Waals surface area contributed by atoms with Crippen LogP contribution in [0.25, 0.3) is 0 Å². The summed E-state index contributed by atoms with van der Waals surface area (Å²) in [5.74, 6) is -0.161. The molecule has 1 aromatic heterocycles.